The zero-order valence-electron chi connectivity index (χ0n) is 9.20. The van der Waals surface area contributed by atoms with E-state index in [4.69, 9.17) is 5.11 Å². The Hall–Kier alpha value is -0.310. The summed E-state index contributed by atoms with van der Waals surface area (Å²) in [5, 5.41) is 8.72. The molecular weight excluding hydrogens is 211 g/mol. The minimum atomic E-state index is -0.854. The van der Waals surface area contributed by atoms with Gasteiger partial charge in [0.2, 0.25) is 0 Å². The fourth-order valence-corrected chi connectivity index (χ4v) is 1.57. The average Bonchev–Trinajstić information content (AvgIpc) is 2.25. The van der Waals surface area contributed by atoms with Gasteiger partial charge in [-0.1, -0.05) is 38.3 Å². The third kappa shape index (κ3) is 5.69. The predicted molar refractivity (Wildman–Crippen MR) is 68.4 cm³/mol. The minimum absolute atomic E-state index is 0. The Kier molecular flexibility index (Phi) is 8.63. The maximum absolute atomic E-state index is 10.6. The Morgan fingerprint density at radius 2 is 1.75 bits per heavy atom. The van der Waals surface area contributed by atoms with Gasteiger partial charge in [-0.05, 0) is 30.5 Å². The predicted octanol–water partition coefficient (Wildman–Crippen LogP) is 2.86. The van der Waals surface area contributed by atoms with Crippen LogP contribution in [0, 0.1) is 0 Å². The van der Waals surface area contributed by atoms with Gasteiger partial charge in [-0.3, -0.25) is 0 Å². The van der Waals surface area contributed by atoms with Gasteiger partial charge in [0.25, 0.3) is 0 Å². The van der Waals surface area contributed by atoms with Crippen molar-refractivity contribution in [1.82, 2.24) is 0 Å². The number of unbranched alkanes of at least 4 members (excludes halogenated alkanes) is 3. The summed E-state index contributed by atoms with van der Waals surface area (Å²) in [5.41, 5.74) is 1.60. The Morgan fingerprint density at radius 3 is 2.25 bits per heavy atom. The number of carboxylic acids is 1. The van der Waals surface area contributed by atoms with Crippen molar-refractivity contribution in [2.75, 3.05) is 0 Å². The van der Waals surface area contributed by atoms with E-state index in [1.54, 1.807) is 12.1 Å². The van der Waals surface area contributed by atoms with Gasteiger partial charge in [-0.25, -0.2) is 4.79 Å². The van der Waals surface area contributed by atoms with Gasteiger partial charge in [-0.15, -0.1) is 0 Å². The van der Waals surface area contributed by atoms with Crippen LogP contribution in [0.2, 0.25) is 0 Å². The molecule has 1 aromatic rings. The number of carboxylic acid groups (broad SMARTS) is 1. The van der Waals surface area contributed by atoms with Crippen molar-refractivity contribution in [2.24, 2.45) is 0 Å². The molecule has 0 amide bonds. The molecular formula is C13H19NaO2. The Morgan fingerprint density at radius 1 is 1.12 bits per heavy atom. The number of hydrogen-bond acceptors (Lipinski definition) is 1. The van der Waals surface area contributed by atoms with Crippen LogP contribution in [0.15, 0.2) is 24.3 Å². The van der Waals surface area contributed by atoms with E-state index in [0.717, 1.165) is 6.42 Å². The molecule has 0 radical (unpaired) electrons. The molecule has 0 saturated carbocycles. The molecule has 0 spiro atoms. The maximum atomic E-state index is 10.6. The Labute approximate surface area is 119 Å². The summed E-state index contributed by atoms with van der Waals surface area (Å²) in [4.78, 5) is 10.6. The summed E-state index contributed by atoms with van der Waals surface area (Å²) in [6.45, 7) is 2.20. The van der Waals surface area contributed by atoms with Crippen molar-refractivity contribution < 1.29 is 9.90 Å². The standard InChI is InChI=1S/C13H18O2.Na.H/c1-2-3-4-5-6-11-7-9-12(10-8-11)13(14)15;;/h7-10H,2-6H2,1H3,(H,14,15);;. The summed E-state index contributed by atoms with van der Waals surface area (Å²) < 4.78 is 0. The molecule has 16 heavy (non-hydrogen) atoms. The van der Waals surface area contributed by atoms with Crippen molar-refractivity contribution in [3.63, 3.8) is 0 Å². The first kappa shape index (κ1) is 15.7. The van der Waals surface area contributed by atoms with Crippen LogP contribution >= 0.6 is 0 Å². The fourth-order valence-electron chi connectivity index (χ4n) is 1.57. The zero-order valence-corrected chi connectivity index (χ0v) is 9.20. The molecule has 0 aromatic heterocycles. The SMILES string of the molecule is CCCCCCc1ccc(C(=O)O)cc1.[NaH]. The molecule has 2 nitrogen and oxygen atoms in total. The second-order valence-electron chi connectivity index (χ2n) is 3.81. The molecule has 1 aromatic carbocycles. The van der Waals surface area contributed by atoms with Crippen molar-refractivity contribution in [2.45, 2.75) is 39.0 Å². The molecule has 0 aliphatic rings. The van der Waals surface area contributed by atoms with Crippen LogP contribution in [0.3, 0.4) is 0 Å². The third-order valence-corrected chi connectivity index (χ3v) is 2.52. The van der Waals surface area contributed by atoms with E-state index in [-0.39, 0.29) is 29.6 Å². The molecule has 1 rings (SSSR count). The van der Waals surface area contributed by atoms with Crippen LogP contribution in [0.4, 0.5) is 0 Å². The van der Waals surface area contributed by atoms with Crippen molar-refractivity contribution in [3.05, 3.63) is 35.4 Å². The molecule has 0 fully saturated rings. The molecule has 0 heterocycles. The third-order valence-electron chi connectivity index (χ3n) is 2.52. The van der Waals surface area contributed by atoms with Crippen molar-refractivity contribution in [1.29, 1.82) is 0 Å². The summed E-state index contributed by atoms with van der Waals surface area (Å²) in [6.07, 6.45) is 6.04. The van der Waals surface area contributed by atoms with Crippen LogP contribution in [0.25, 0.3) is 0 Å². The van der Waals surface area contributed by atoms with Crippen LogP contribution in [0.5, 0.6) is 0 Å². The summed E-state index contributed by atoms with van der Waals surface area (Å²) >= 11 is 0. The first-order valence-electron chi connectivity index (χ1n) is 5.56. The van der Waals surface area contributed by atoms with E-state index >= 15 is 0 Å². The number of aryl methyl sites for hydroxylation is 1. The molecule has 0 aliphatic heterocycles. The summed E-state index contributed by atoms with van der Waals surface area (Å²) in [5.74, 6) is -0.854. The number of rotatable bonds is 6. The number of carbonyl (C=O) groups is 1. The summed E-state index contributed by atoms with van der Waals surface area (Å²) in [7, 11) is 0. The number of benzene rings is 1. The molecule has 0 bridgehead atoms. The summed E-state index contributed by atoms with van der Waals surface area (Å²) in [6, 6.07) is 7.18. The second kappa shape index (κ2) is 8.80. The van der Waals surface area contributed by atoms with Gasteiger partial charge in [0.05, 0.1) is 5.56 Å². The zero-order chi connectivity index (χ0) is 11.1. The van der Waals surface area contributed by atoms with E-state index in [0.29, 0.717) is 5.56 Å². The van der Waals surface area contributed by atoms with Crippen LogP contribution in [0.1, 0.15) is 48.5 Å². The van der Waals surface area contributed by atoms with Gasteiger partial charge in [0.15, 0.2) is 0 Å². The van der Waals surface area contributed by atoms with Gasteiger partial charge in [-0.2, -0.15) is 0 Å². The Bertz CT molecular complexity index is 306. The van der Waals surface area contributed by atoms with Gasteiger partial charge < -0.3 is 5.11 Å². The van der Waals surface area contributed by atoms with Crippen LogP contribution in [-0.4, -0.2) is 40.6 Å². The molecule has 84 valence electrons. The van der Waals surface area contributed by atoms with E-state index in [9.17, 15) is 4.79 Å². The first-order chi connectivity index (χ1) is 7.24. The molecule has 0 aliphatic carbocycles. The quantitative estimate of drug-likeness (QED) is 0.602. The Balaban J connectivity index is 0.00000225. The van der Waals surface area contributed by atoms with Gasteiger partial charge >= 0.3 is 35.5 Å². The monoisotopic (exact) mass is 230 g/mol. The van der Waals surface area contributed by atoms with Gasteiger partial charge in [0.1, 0.15) is 0 Å². The second-order valence-corrected chi connectivity index (χ2v) is 3.81. The topological polar surface area (TPSA) is 37.3 Å². The molecule has 0 unspecified atom stereocenters. The number of aromatic carboxylic acids is 1. The van der Waals surface area contributed by atoms with Gasteiger partial charge in [0, 0.05) is 0 Å². The molecule has 0 saturated heterocycles. The van der Waals surface area contributed by atoms with E-state index in [2.05, 4.69) is 6.92 Å². The van der Waals surface area contributed by atoms with E-state index in [1.165, 1.54) is 31.2 Å². The van der Waals surface area contributed by atoms with Crippen molar-refractivity contribution >= 4 is 35.5 Å². The fraction of sp³-hybridized carbons (Fsp3) is 0.462. The van der Waals surface area contributed by atoms with Crippen molar-refractivity contribution in [3.8, 4) is 0 Å². The molecule has 0 atom stereocenters. The van der Waals surface area contributed by atoms with Crippen LogP contribution < -0.4 is 0 Å². The normalized spacial score (nSPS) is 9.56. The average molecular weight is 230 g/mol. The molecule has 1 N–H and O–H groups in total. The van der Waals surface area contributed by atoms with E-state index < -0.39 is 5.97 Å². The van der Waals surface area contributed by atoms with E-state index in [1.807, 2.05) is 12.1 Å². The number of hydrogen-bond donors (Lipinski definition) is 1. The first-order valence-corrected chi connectivity index (χ1v) is 5.56. The molecule has 3 heteroatoms. The van der Waals surface area contributed by atoms with Crippen LogP contribution in [-0.2, 0) is 6.42 Å².